The van der Waals surface area contributed by atoms with Gasteiger partial charge in [-0.25, -0.2) is 0 Å². The molecule has 103 valence electrons. The highest BCUT2D eigenvalue weighted by Crippen LogP contribution is 2.64. The van der Waals surface area contributed by atoms with Gasteiger partial charge in [0, 0.05) is 0 Å². The Kier molecular flexibility index (Phi) is 5.10. The lowest BCUT2D eigenvalue weighted by Crippen LogP contribution is -2.59. The summed E-state index contributed by atoms with van der Waals surface area (Å²) in [6.45, 7) is 19.8. The van der Waals surface area contributed by atoms with Crippen molar-refractivity contribution in [1.29, 1.82) is 0 Å². The summed E-state index contributed by atoms with van der Waals surface area (Å²) in [6.07, 6.45) is 2.99. The van der Waals surface area contributed by atoms with Gasteiger partial charge >= 0.3 is 0 Å². The van der Waals surface area contributed by atoms with Crippen LogP contribution in [0.4, 0.5) is 0 Å². The molecule has 0 saturated carbocycles. The molecule has 2 heteroatoms. The predicted molar refractivity (Wildman–Crippen MR) is 79.4 cm³/mol. The van der Waals surface area contributed by atoms with Crippen molar-refractivity contribution >= 4 is 8.32 Å². The van der Waals surface area contributed by atoms with E-state index in [2.05, 4.69) is 62.3 Å². The van der Waals surface area contributed by atoms with Crippen LogP contribution in [0.3, 0.4) is 0 Å². The largest absolute Gasteiger partial charge is 0.296 e. The van der Waals surface area contributed by atoms with Crippen LogP contribution in [-0.2, 0) is 4.80 Å². The van der Waals surface area contributed by atoms with Gasteiger partial charge in [-0.3, -0.25) is 4.80 Å². The fraction of sp³-hybridized carbons (Fsp3) is 1.00. The summed E-state index contributed by atoms with van der Waals surface area (Å²) < 4.78 is 0. The van der Waals surface area contributed by atoms with Crippen LogP contribution in [0.15, 0.2) is 0 Å². The van der Waals surface area contributed by atoms with Crippen molar-refractivity contribution in [3.8, 4) is 0 Å². The van der Waals surface area contributed by atoms with Gasteiger partial charge in [-0.05, 0) is 15.1 Å². The Morgan fingerprint density at radius 1 is 0.647 bits per heavy atom. The van der Waals surface area contributed by atoms with E-state index in [9.17, 15) is 4.80 Å². The molecule has 0 aromatic heterocycles. The summed E-state index contributed by atoms with van der Waals surface area (Å²) in [6, 6.07) is 0. The first-order valence-electron chi connectivity index (χ1n) is 7.14. The molecule has 1 radical (unpaired) electrons. The van der Waals surface area contributed by atoms with Gasteiger partial charge in [-0.15, -0.1) is 0 Å². The fourth-order valence-corrected chi connectivity index (χ4v) is 10.5. The molecule has 17 heavy (non-hydrogen) atoms. The molecular formula is C15H33OSi. The van der Waals surface area contributed by atoms with Gasteiger partial charge in [0.1, 0.15) is 0 Å². The van der Waals surface area contributed by atoms with Crippen LogP contribution in [0.1, 0.15) is 81.6 Å². The molecule has 0 N–H and O–H groups in total. The molecule has 0 bridgehead atoms. The molecule has 0 aromatic carbocycles. The van der Waals surface area contributed by atoms with Crippen LogP contribution in [0.25, 0.3) is 0 Å². The Labute approximate surface area is 110 Å². The lowest BCUT2D eigenvalue weighted by molar-refractivity contribution is 0.269. The summed E-state index contributed by atoms with van der Waals surface area (Å²) in [5.74, 6) is 0. The van der Waals surface area contributed by atoms with E-state index in [-0.39, 0.29) is 15.1 Å². The molecule has 0 saturated heterocycles. The molecule has 0 atom stereocenters. The summed E-state index contributed by atoms with van der Waals surface area (Å²) in [5.41, 5.74) is 0. The van der Waals surface area contributed by atoms with Gasteiger partial charge in [0.05, 0.1) is 0 Å². The quantitative estimate of drug-likeness (QED) is 0.525. The maximum absolute atomic E-state index is 14.0. The minimum absolute atomic E-state index is 0.0496. The Morgan fingerprint density at radius 2 is 0.824 bits per heavy atom. The van der Waals surface area contributed by atoms with Crippen LogP contribution < -0.4 is 0 Å². The number of rotatable bonds is 6. The van der Waals surface area contributed by atoms with E-state index < -0.39 is 8.32 Å². The Morgan fingerprint density at radius 3 is 0.941 bits per heavy atom. The molecule has 0 aliphatic rings. The van der Waals surface area contributed by atoms with Gasteiger partial charge in [0.15, 0.2) is 0 Å². The van der Waals surface area contributed by atoms with Crippen molar-refractivity contribution < 1.29 is 4.80 Å². The molecule has 1 nitrogen and oxygen atoms in total. The van der Waals surface area contributed by atoms with Gasteiger partial charge in [0.2, 0.25) is 0 Å². The number of hydrogen-bond donors (Lipinski definition) is 0. The highest BCUT2D eigenvalue weighted by Gasteiger charge is 2.64. The second kappa shape index (κ2) is 5.04. The fourth-order valence-electron chi connectivity index (χ4n) is 3.49. The summed E-state index contributed by atoms with van der Waals surface area (Å²) in [7, 11) is -2.68. The predicted octanol–water partition coefficient (Wildman–Crippen LogP) is 5.93. The lowest BCUT2D eigenvalue weighted by atomic mass is 10.1. The van der Waals surface area contributed by atoms with E-state index in [0.717, 1.165) is 19.3 Å². The zero-order valence-electron chi connectivity index (χ0n) is 13.5. The van der Waals surface area contributed by atoms with Crippen molar-refractivity contribution in [2.24, 2.45) is 0 Å². The third kappa shape index (κ3) is 2.48. The van der Waals surface area contributed by atoms with Crippen LogP contribution in [0, 0.1) is 0 Å². The van der Waals surface area contributed by atoms with E-state index in [4.69, 9.17) is 0 Å². The standard InChI is InChI=1S/C15H33OSi/c1-10-13(4,5)17(16,14(6,7)11-2)15(8,9)12-3/h10-12H2,1-9H3. The monoisotopic (exact) mass is 257 g/mol. The van der Waals surface area contributed by atoms with Gasteiger partial charge < -0.3 is 0 Å². The molecule has 0 aromatic rings. The van der Waals surface area contributed by atoms with E-state index in [1.54, 1.807) is 0 Å². The van der Waals surface area contributed by atoms with Crippen molar-refractivity contribution in [2.75, 3.05) is 0 Å². The van der Waals surface area contributed by atoms with E-state index in [0.29, 0.717) is 0 Å². The summed E-state index contributed by atoms with van der Waals surface area (Å²) >= 11 is 0. The molecule has 0 amide bonds. The van der Waals surface area contributed by atoms with Crippen LogP contribution >= 0.6 is 0 Å². The van der Waals surface area contributed by atoms with Gasteiger partial charge in [0.25, 0.3) is 8.32 Å². The van der Waals surface area contributed by atoms with E-state index in [1.165, 1.54) is 0 Å². The van der Waals surface area contributed by atoms with Crippen LogP contribution in [-0.4, -0.2) is 8.32 Å². The van der Waals surface area contributed by atoms with Crippen molar-refractivity contribution in [3.05, 3.63) is 0 Å². The molecule has 0 heterocycles. The highest BCUT2D eigenvalue weighted by atomic mass is 28.4. The molecule has 0 unspecified atom stereocenters. The molecule has 0 aliphatic heterocycles. The first-order valence-corrected chi connectivity index (χ1v) is 9.04. The SMILES string of the molecule is CCC(C)(C)[Si]([O])(C(C)(C)CC)C(C)(C)CC. The molecule has 0 spiro atoms. The Bertz CT molecular complexity index is 213. The highest BCUT2D eigenvalue weighted by molar-refractivity contribution is 6.80. The third-order valence-electron chi connectivity index (χ3n) is 5.51. The average molecular weight is 258 g/mol. The smallest absolute Gasteiger partial charge is 0.254 e. The van der Waals surface area contributed by atoms with Crippen molar-refractivity contribution in [3.63, 3.8) is 0 Å². The maximum atomic E-state index is 14.0. The second-order valence-electron chi connectivity index (χ2n) is 7.39. The molecule has 0 rings (SSSR count). The average Bonchev–Trinajstić information content (AvgIpc) is 2.27. The first kappa shape index (κ1) is 17.2. The Hall–Kier alpha value is 0.177. The normalized spacial score (nSPS) is 15.2. The lowest BCUT2D eigenvalue weighted by Gasteiger charge is -2.55. The second-order valence-corrected chi connectivity index (χ2v) is 12.8. The van der Waals surface area contributed by atoms with E-state index in [1.807, 2.05) is 0 Å². The van der Waals surface area contributed by atoms with Crippen molar-refractivity contribution in [1.82, 2.24) is 0 Å². The maximum Gasteiger partial charge on any atom is 0.254 e. The summed E-state index contributed by atoms with van der Waals surface area (Å²) in [5, 5.41) is -0.149. The zero-order chi connectivity index (χ0) is 14.1. The number of hydrogen-bond acceptors (Lipinski definition) is 0. The van der Waals surface area contributed by atoms with Gasteiger partial charge in [-0.2, -0.15) is 0 Å². The topological polar surface area (TPSA) is 19.9 Å². The zero-order valence-corrected chi connectivity index (χ0v) is 14.5. The summed E-state index contributed by atoms with van der Waals surface area (Å²) in [4.78, 5) is 14.0. The van der Waals surface area contributed by atoms with Crippen molar-refractivity contribution in [2.45, 2.75) is 96.7 Å². The first-order chi connectivity index (χ1) is 7.43. The molecule has 0 fully saturated rings. The molecular weight excluding hydrogens is 224 g/mol. The molecule has 0 aliphatic carbocycles. The van der Waals surface area contributed by atoms with Crippen LogP contribution in [0.5, 0.6) is 0 Å². The van der Waals surface area contributed by atoms with Crippen LogP contribution in [0.2, 0.25) is 15.1 Å². The van der Waals surface area contributed by atoms with E-state index >= 15 is 0 Å². The third-order valence-corrected chi connectivity index (χ3v) is 12.3. The minimum atomic E-state index is -2.68. The minimum Gasteiger partial charge on any atom is -0.296 e. The Balaban J connectivity index is 5.88. The van der Waals surface area contributed by atoms with Gasteiger partial charge in [-0.1, -0.05) is 81.6 Å².